The standard InChI is InChI=1S/C20H24N2O4/c1-13-8-9-16(10-14(13)2)22-20(24)19(23)21-12-18(26-4)15-6-5-7-17(11-15)25-3/h5-11,18H,12H2,1-4H3,(H,21,23)(H,22,24). The molecule has 0 aliphatic carbocycles. The van der Waals surface area contributed by atoms with Crippen molar-refractivity contribution in [1.82, 2.24) is 5.32 Å². The molecule has 0 aliphatic heterocycles. The maximum Gasteiger partial charge on any atom is 0.313 e. The van der Waals surface area contributed by atoms with Gasteiger partial charge in [0.1, 0.15) is 5.75 Å². The van der Waals surface area contributed by atoms with E-state index in [1.807, 2.05) is 50.2 Å². The minimum absolute atomic E-state index is 0.169. The van der Waals surface area contributed by atoms with E-state index >= 15 is 0 Å². The number of ether oxygens (including phenoxy) is 2. The van der Waals surface area contributed by atoms with Crippen LogP contribution in [0.5, 0.6) is 5.75 Å². The molecule has 0 bridgehead atoms. The van der Waals surface area contributed by atoms with Gasteiger partial charge in [-0.15, -0.1) is 0 Å². The highest BCUT2D eigenvalue weighted by Crippen LogP contribution is 2.21. The van der Waals surface area contributed by atoms with Gasteiger partial charge >= 0.3 is 11.8 Å². The quantitative estimate of drug-likeness (QED) is 0.781. The lowest BCUT2D eigenvalue weighted by atomic mass is 10.1. The van der Waals surface area contributed by atoms with Crippen LogP contribution in [-0.2, 0) is 14.3 Å². The van der Waals surface area contributed by atoms with Crippen molar-refractivity contribution in [2.45, 2.75) is 20.0 Å². The van der Waals surface area contributed by atoms with Crippen molar-refractivity contribution in [1.29, 1.82) is 0 Å². The van der Waals surface area contributed by atoms with E-state index in [1.165, 1.54) is 0 Å². The molecule has 2 rings (SSSR count). The molecule has 26 heavy (non-hydrogen) atoms. The second-order valence-corrected chi connectivity index (χ2v) is 5.96. The van der Waals surface area contributed by atoms with Gasteiger partial charge in [-0.25, -0.2) is 0 Å². The Hall–Kier alpha value is -2.86. The summed E-state index contributed by atoms with van der Waals surface area (Å²) in [5.41, 5.74) is 3.60. The average molecular weight is 356 g/mol. The number of rotatable bonds is 6. The molecular weight excluding hydrogens is 332 g/mol. The summed E-state index contributed by atoms with van der Waals surface area (Å²) in [5.74, 6) is -0.731. The number of hydrogen-bond donors (Lipinski definition) is 2. The predicted molar refractivity (Wildman–Crippen MR) is 100 cm³/mol. The van der Waals surface area contributed by atoms with Gasteiger partial charge in [0.05, 0.1) is 13.2 Å². The molecule has 138 valence electrons. The highest BCUT2D eigenvalue weighted by atomic mass is 16.5. The van der Waals surface area contributed by atoms with Gasteiger partial charge in [0.15, 0.2) is 0 Å². The molecule has 6 nitrogen and oxygen atoms in total. The lowest BCUT2D eigenvalue weighted by Crippen LogP contribution is -2.38. The summed E-state index contributed by atoms with van der Waals surface area (Å²) in [4.78, 5) is 24.1. The van der Waals surface area contributed by atoms with E-state index < -0.39 is 11.8 Å². The number of amides is 2. The van der Waals surface area contributed by atoms with Crippen molar-refractivity contribution in [3.63, 3.8) is 0 Å². The molecule has 0 spiro atoms. The third-order valence-electron chi connectivity index (χ3n) is 4.17. The van der Waals surface area contributed by atoms with Gasteiger partial charge in [-0.05, 0) is 54.8 Å². The van der Waals surface area contributed by atoms with E-state index in [4.69, 9.17) is 9.47 Å². The van der Waals surface area contributed by atoms with Gasteiger partial charge < -0.3 is 20.1 Å². The first kappa shape index (κ1) is 19.5. The van der Waals surface area contributed by atoms with Gasteiger partial charge in [-0.1, -0.05) is 18.2 Å². The van der Waals surface area contributed by atoms with Crippen LogP contribution in [0, 0.1) is 13.8 Å². The zero-order valence-corrected chi connectivity index (χ0v) is 15.5. The summed E-state index contributed by atoms with van der Waals surface area (Å²) >= 11 is 0. The summed E-state index contributed by atoms with van der Waals surface area (Å²) < 4.78 is 10.6. The molecule has 0 fully saturated rings. The van der Waals surface area contributed by atoms with Gasteiger partial charge in [0.2, 0.25) is 0 Å². The lowest BCUT2D eigenvalue weighted by Gasteiger charge is -2.17. The second-order valence-electron chi connectivity index (χ2n) is 5.96. The molecular formula is C20H24N2O4. The van der Waals surface area contributed by atoms with Crippen LogP contribution in [0.15, 0.2) is 42.5 Å². The number of nitrogens with one attached hydrogen (secondary N) is 2. The number of methoxy groups -OCH3 is 2. The Bertz CT molecular complexity index is 789. The third kappa shape index (κ3) is 5.07. The number of carbonyl (C=O) groups excluding carboxylic acids is 2. The van der Waals surface area contributed by atoms with E-state index in [-0.39, 0.29) is 12.6 Å². The van der Waals surface area contributed by atoms with Crippen LogP contribution in [0.1, 0.15) is 22.8 Å². The number of aryl methyl sites for hydroxylation is 2. The Balaban J connectivity index is 1.94. The normalized spacial score (nSPS) is 11.5. The van der Waals surface area contributed by atoms with Gasteiger partial charge in [0.25, 0.3) is 0 Å². The first-order chi connectivity index (χ1) is 12.4. The number of carbonyl (C=O) groups is 2. The lowest BCUT2D eigenvalue weighted by molar-refractivity contribution is -0.136. The first-order valence-electron chi connectivity index (χ1n) is 8.27. The van der Waals surface area contributed by atoms with Crippen LogP contribution in [0.4, 0.5) is 5.69 Å². The summed E-state index contributed by atoms with van der Waals surface area (Å²) in [6.07, 6.45) is -0.386. The highest BCUT2D eigenvalue weighted by molar-refractivity contribution is 6.39. The van der Waals surface area contributed by atoms with Crippen molar-refractivity contribution < 1.29 is 19.1 Å². The third-order valence-corrected chi connectivity index (χ3v) is 4.17. The van der Waals surface area contributed by atoms with E-state index in [2.05, 4.69) is 10.6 Å². The van der Waals surface area contributed by atoms with Crippen LogP contribution in [0.2, 0.25) is 0 Å². The fraction of sp³-hybridized carbons (Fsp3) is 0.300. The van der Waals surface area contributed by atoms with Crippen molar-refractivity contribution in [3.8, 4) is 5.75 Å². The summed E-state index contributed by atoms with van der Waals surface area (Å²) in [6.45, 7) is 4.10. The monoisotopic (exact) mass is 356 g/mol. The molecule has 2 amide bonds. The molecule has 2 aromatic carbocycles. The topological polar surface area (TPSA) is 76.7 Å². The molecule has 1 unspecified atom stereocenters. The molecule has 6 heteroatoms. The molecule has 2 N–H and O–H groups in total. The Labute approximate surface area is 153 Å². The van der Waals surface area contributed by atoms with Gasteiger partial charge in [0, 0.05) is 19.3 Å². The van der Waals surface area contributed by atoms with Crippen molar-refractivity contribution in [3.05, 3.63) is 59.2 Å². The SMILES string of the molecule is COc1cccc(C(CNC(=O)C(=O)Nc2ccc(C)c(C)c2)OC)c1. The minimum Gasteiger partial charge on any atom is -0.497 e. The number of benzene rings is 2. The Morgan fingerprint density at radius 1 is 1.00 bits per heavy atom. The largest absolute Gasteiger partial charge is 0.497 e. The summed E-state index contributed by atoms with van der Waals surface area (Å²) in [5, 5.41) is 5.20. The maximum absolute atomic E-state index is 12.1. The Morgan fingerprint density at radius 2 is 1.77 bits per heavy atom. The summed E-state index contributed by atoms with van der Waals surface area (Å²) in [7, 11) is 3.13. The van der Waals surface area contributed by atoms with Crippen molar-refractivity contribution >= 4 is 17.5 Å². The number of anilines is 1. The zero-order chi connectivity index (χ0) is 19.1. The van der Waals surface area contributed by atoms with Gasteiger partial charge in [-0.3, -0.25) is 9.59 Å². The fourth-order valence-electron chi connectivity index (χ4n) is 2.45. The highest BCUT2D eigenvalue weighted by Gasteiger charge is 2.17. The average Bonchev–Trinajstić information content (AvgIpc) is 2.65. The maximum atomic E-state index is 12.1. The molecule has 0 aliphatic rings. The molecule has 0 saturated carbocycles. The van der Waals surface area contributed by atoms with E-state index in [1.54, 1.807) is 20.3 Å². The molecule has 0 aromatic heterocycles. The zero-order valence-electron chi connectivity index (χ0n) is 15.5. The molecule has 0 saturated heterocycles. The molecule has 1 atom stereocenters. The molecule has 2 aromatic rings. The first-order valence-corrected chi connectivity index (χ1v) is 8.27. The molecule has 0 radical (unpaired) electrons. The fourth-order valence-corrected chi connectivity index (χ4v) is 2.45. The Morgan fingerprint density at radius 3 is 2.42 bits per heavy atom. The van der Waals surface area contributed by atoms with Crippen LogP contribution in [0.3, 0.4) is 0 Å². The van der Waals surface area contributed by atoms with E-state index in [9.17, 15) is 9.59 Å². The smallest absolute Gasteiger partial charge is 0.313 e. The van der Waals surface area contributed by atoms with Gasteiger partial charge in [-0.2, -0.15) is 0 Å². The molecule has 0 heterocycles. The van der Waals surface area contributed by atoms with Crippen LogP contribution in [-0.4, -0.2) is 32.6 Å². The van der Waals surface area contributed by atoms with E-state index in [0.29, 0.717) is 11.4 Å². The Kier molecular flexibility index (Phi) is 6.74. The minimum atomic E-state index is -0.715. The van der Waals surface area contributed by atoms with Crippen molar-refractivity contribution in [2.75, 3.05) is 26.1 Å². The van der Waals surface area contributed by atoms with Crippen molar-refractivity contribution in [2.24, 2.45) is 0 Å². The summed E-state index contributed by atoms with van der Waals surface area (Å²) in [6, 6.07) is 12.9. The van der Waals surface area contributed by atoms with E-state index in [0.717, 1.165) is 16.7 Å². The van der Waals surface area contributed by atoms with Crippen LogP contribution < -0.4 is 15.4 Å². The number of hydrogen-bond acceptors (Lipinski definition) is 4. The predicted octanol–water partition coefficient (Wildman–Crippen LogP) is 2.75. The van der Waals surface area contributed by atoms with Crippen LogP contribution in [0.25, 0.3) is 0 Å². The van der Waals surface area contributed by atoms with Crippen LogP contribution >= 0.6 is 0 Å². The second kappa shape index (κ2) is 9.01.